The van der Waals surface area contributed by atoms with Crippen molar-refractivity contribution in [3.8, 4) is 78.7 Å². The number of hydrogen-bond acceptors (Lipinski definition) is 4. The van der Waals surface area contributed by atoms with Crippen LogP contribution in [0, 0.1) is 6.92 Å². The van der Waals surface area contributed by atoms with Gasteiger partial charge < -0.3 is 0 Å². The zero-order valence-electron chi connectivity index (χ0n) is 60.2. The summed E-state index contributed by atoms with van der Waals surface area (Å²) >= 11 is 0.450. The second-order valence-electron chi connectivity index (χ2n) is 11.6. The van der Waals surface area contributed by atoms with E-state index in [0.717, 1.165) is 0 Å². The molecule has 2 aromatic heterocycles. The van der Waals surface area contributed by atoms with Gasteiger partial charge in [0.15, 0.2) is 17.5 Å². The van der Waals surface area contributed by atoms with Crippen LogP contribution in [0.2, 0.25) is 0 Å². The standard InChI is InChI=1S/C52H35N3S/c1-34-14-11-22-41(30-34)51-53-50(39-28-26-37(27-29-39)35-15-5-2-6-16-35)54-52(55-51)42-23-12-21-40(31-42)44-24-13-25-45-47-33-43(36-17-7-3-8-18-36)32-46(49(47)56-48(44)45)38-19-9-4-10-20-38/h2-33H,1H3/i2D,3D,4D,5D,6D,7D,8D,9D,10D,11D,12D,13D,14D,15D,16D,17D,18D,19D,20D,21D,22D,23D,24D,25D,26D,27D,28D,29D,30D,31D,32D,33D. The Morgan fingerprint density at radius 1 is 0.339 bits per heavy atom. The number of hydrogen-bond donors (Lipinski definition) is 0. The number of aromatic nitrogens is 3. The monoisotopic (exact) mass is 765 g/mol. The van der Waals surface area contributed by atoms with Crippen LogP contribution in [0.1, 0.15) is 49.4 Å². The average Bonchev–Trinajstić information content (AvgIpc) is 1.48. The Balaban J connectivity index is 1.37. The van der Waals surface area contributed by atoms with Gasteiger partial charge in [-0.05, 0) is 70.0 Å². The first kappa shape index (κ1) is 13.9. The molecular weight excluding hydrogens is 699 g/mol. The van der Waals surface area contributed by atoms with Gasteiger partial charge in [-0.1, -0.05) is 175 Å². The molecule has 264 valence electrons. The SMILES string of the molecule is [2H]c1c([2H])c([2H])c(-c2c([2H])c([2H])c(-c3nc(-c4c([2H])c([2H])c([2H])c(C)c4[2H])nc(-c4c([2H])c([2H])c([2H])c(-c5c([2H])c([2H])c([2H])c6c5sc5c(-c7c([2H])c([2H])c([2H])c([2H])c7[2H])c([2H])c(-c7c([2H])c([2H])c([2H])c([2H])c7[2H])c([2H])c56)c4[2H])n3)c([2H])c2[2H])c([2H])c1[2H]. The molecule has 0 saturated heterocycles. The van der Waals surface area contributed by atoms with Crippen molar-refractivity contribution in [3.05, 3.63) is 199 Å². The fourth-order valence-electron chi connectivity index (χ4n) is 5.57. The molecule has 0 bridgehead atoms. The fraction of sp³-hybridized carbons (Fsp3) is 0.0192. The minimum Gasteiger partial charge on any atom is -0.208 e. The molecular formula is C52H35N3S. The summed E-state index contributed by atoms with van der Waals surface area (Å²) in [4.78, 5) is 13.1. The normalized spacial score (nSPS) is 19.3. The van der Waals surface area contributed by atoms with Crippen LogP contribution in [0.15, 0.2) is 193 Å². The predicted molar refractivity (Wildman–Crippen MR) is 236 cm³/mol. The Hall–Kier alpha value is -7.01. The highest BCUT2D eigenvalue weighted by Gasteiger charge is 2.18. The Labute approximate surface area is 375 Å². The highest BCUT2D eigenvalue weighted by Crippen LogP contribution is 2.46. The van der Waals surface area contributed by atoms with E-state index in [1.807, 2.05) is 0 Å². The van der Waals surface area contributed by atoms with Gasteiger partial charge in [0, 0.05) is 42.4 Å². The molecule has 0 aliphatic rings. The van der Waals surface area contributed by atoms with Crippen molar-refractivity contribution in [2.45, 2.75) is 6.92 Å². The Morgan fingerprint density at radius 2 is 0.821 bits per heavy atom. The number of rotatable bonds is 7. The lowest BCUT2D eigenvalue weighted by Gasteiger charge is -2.11. The molecule has 0 amide bonds. The van der Waals surface area contributed by atoms with Crippen LogP contribution >= 0.6 is 11.3 Å². The number of thiophene rings is 1. The summed E-state index contributed by atoms with van der Waals surface area (Å²) < 4.78 is 284. The second-order valence-corrected chi connectivity index (χ2v) is 12.6. The first-order valence-corrected chi connectivity index (χ1v) is 17.1. The summed E-state index contributed by atoms with van der Waals surface area (Å²) in [7, 11) is 0. The Morgan fingerprint density at radius 3 is 1.50 bits per heavy atom. The first-order chi connectivity index (χ1) is 41.0. The van der Waals surface area contributed by atoms with Crippen molar-refractivity contribution in [2.75, 3.05) is 0 Å². The van der Waals surface area contributed by atoms with Crippen LogP contribution in [0.4, 0.5) is 0 Å². The summed E-state index contributed by atoms with van der Waals surface area (Å²) in [6, 6.07) is -29.3. The third kappa shape index (κ3) is 6.36. The molecule has 0 fully saturated rings. The van der Waals surface area contributed by atoms with E-state index in [0.29, 0.717) is 11.3 Å². The van der Waals surface area contributed by atoms with Gasteiger partial charge in [-0.15, -0.1) is 11.3 Å². The Kier molecular flexibility index (Phi) is 3.57. The van der Waals surface area contributed by atoms with E-state index in [2.05, 4.69) is 15.0 Å². The third-order valence-electron chi connectivity index (χ3n) is 8.04. The lowest BCUT2D eigenvalue weighted by molar-refractivity contribution is 1.07. The van der Waals surface area contributed by atoms with Gasteiger partial charge in [0.25, 0.3) is 0 Å². The summed E-state index contributed by atoms with van der Waals surface area (Å²) in [6.07, 6.45) is 0. The average molecular weight is 766 g/mol. The maximum atomic E-state index is 9.93. The molecule has 10 rings (SSSR count). The topological polar surface area (TPSA) is 38.7 Å². The van der Waals surface area contributed by atoms with Gasteiger partial charge in [-0.25, -0.2) is 15.0 Å². The van der Waals surface area contributed by atoms with Gasteiger partial charge in [0.2, 0.25) is 0 Å². The minimum atomic E-state index is -1.07. The summed E-state index contributed by atoms with van der Waals surface area (Å²) in [5.74, 6) is -2.62. The lowest BCUT2D eigenvalue weighted by Crippen LogP contribution is -2.00. The van der Waals surface area contributed by atoms with Gasteiger partial charge in [0.1, 0.15) is 0 Å². The molecule has 2 heterocycles. The zero-order chi connectivity index (χ0) is 65.3. The molecule has 0 aliphatic carbocycles. The molecule has 3 nitrogen and oxygen atoms in total. The molecule has 0 N–H and O–H groups in total. The molecule has 0 unspecified atom stereocenters. The number of fused-ring (bicyclic) bond motifs is 3. The van der Waals surface area contributed by atoms with E-state index in [4.69, 9.17) is 28.8 Å². The van der Waals surface area contributed by atoms with Crippen LogP contribution in [-0.4, -0.2) is 15.0 Å². The van der Waals surface area contributed by atoms with E-state index >= 15 is 0 Å². The van der Waals surface area contributed by atoms with E-state index in [-0.39, 0.29) is 10.3 Å². The molecule has 4 heteroatoms. The summed E-state index contributed by atoms with van der Waals surface area (Å²) in [5.41, 5.74) is -8.40. The van der Waals surface area contributed by atoms with Crippen molar-refractivity contribution in [1.82, 2.24) is 15.0 Å². The molecule has 0 radical (unpaired) electrons. The van der Waals surface area contributed by atoms with Gasteiger partial charge in [-0.3, -0.25) is 0 Å². The fourth-order valence-corrected chi connectivity index (χ4v) is 6.79. The van der Waals surface area contributed by atoms with E-state index in [1.54, 1.807) is 0 Å². The smallest absolute Gasteiger partial charge is 0.164 e. The maximum Gasteiger partial charge on any atom is 0.164 e. The van der Waals surface area contributed by atoms with Crippen LogP contribution in [-0.2, 0) is 0 Å². The summed E-state index contributed by atoms with van der Waals surface area (Å²) in [6.45, 7) is 1.25. The number of nitrogens with zero attached hydrogens (tertiary/aromatic N) is 3. The van der Waals surface area contributed by atoms with Crippen LogP contribution in [0.3, 0.4) is 0 Å². The lowest BCUT2D eigenvalue weighted by atomic mass is 9.95. The zero-order valence-corrected chi connectivity index (χ0v) is 29.1. The van der Waals surface area contributed by atoms with E-state index in [1.165, 1.54) is 6.92 Å². The van der Waals surface area contributed by atoms with E-state index < -0.39 is 288 Å². The quantitative estimate of drug-likeness (QED) is 0.162. The molecule has 0 spiro atoms. The maximum absolute atomic E-state index is 9.93. The Bertz CT molecular complexity index is 4760. The first-order valence-electron chi connectivity index (χ1n) is 32.2. The molecule has 0 aliphatic heterocycles. The van der Waals surface area contributed by atoms with Gasteiger partial charge >= 0.3 is 0 Å². The molecule has 10 aromatic rings. The highest BCUT2D eigenvalue weighted by molar-refractivity contribution is 7.26. The van der Waals surface area contributed by atoms with Crippen molar-refractivity contribution in [1.29, 1.82) is 0 Å². The minimum absolute atomic E-state index is 0.203. The predicted octanol–water partition coefficient (Wildman–Crippen LogP) is 14.2. The van der Waals surface area contributed by atoms with Crippen molar-refractivity contribution < 1.29 is 43.9 Å². The van der Waals surface area contributed by atoms with Crippen molar-refractivity contribution in [3.63, 3.8) is 0 Å². The van der Waals surface area contributed by atoms with Crippen molar-refractivity contribution >= 4 is 31.5 Å². The largest absolute Gasteiger partial charge is 0.208 e. The summed E-state index contributed by atoms with van der Waals surface area (Å²) in [5, 5.41) is -1.03. The highest BCUT2D eigenvalue weighted by atomic mass is 32.1. The van der Waals surface area contributed by atoms with Crippen molar-refractivity contribution in [2.24, 2.45) is 0 Å². The molecule has 0 atom stereocenters. The molecule has 8 aromatic carbocycles. The van der Waals surface area contributed by atoms with Crippen LogP contribution in [0.25, 0.3) is 98.8 Å². The third-order valence-corrected chi connectivity index (χ3v) is 9.27. The van der Waals surface area contributed by atoms with Crippen LogP contribution in [0.5, 0.6) is 0 Å². The van der Waals surface area contributed by atoms with Gasteiger partial charge in [-0.2, -0.15) is 0 Å². The van der Waals surface area contributed by atoms with Crippen LogP contribution < -0.4 is 0 Å². The van der Waals surface area contributed by atoms with E-state index in [9.17, 15) is 15.1 Å². The number of benzene rings is 8. The van der Waals surface area contributed by atoms with Gasteiger partial charge in [0.05, 0.1) is 43.9 Å². The molecule has 56 heavy (non-hydrogen) atoms. The molecule has 0 saturated carbocycles. The second kappa shape index (κ2) is 14.3.